The lowest BCUT2D eigenvalue weighted by atomic mass is 9.93. The molecule has 0 saturated carbocycles. The number of carbonyl (C=O) groups is 1. The zero-order valence-corrected chi connectivity index (χ0v) is 11.4. The Kier molecular flexibility index (Phi) is 6.29. The average molecular weight is 232 g/mol. The monoisotopic (exact) mass is 232 g/mol. The van der Waals surface area contributed by atoms with Crippen LogP contribution in [0.25, 0.3) is 0 Å². The molecule has 0 radical (unpaired) electrons. The summed E-state index contributed by atoms with van der Waals surface area (Å²) in [7, 11) is 1.86. The molecule has 0 rings (SSSR count). The summed E-state index contributed by atoms with van der Waals surface area (Å²) in [5, 5.41) is 0. The van der Waals surface area contributed by atoms with Gasteiger partial charge in [-0.25, -0.2) is 0 Å². The number of rotatable bonds is 6. The molecule has 0 fully saturated rings. The minimum absolute atomic E-state index is 0.00346. The smallest absolute Gasteiger partial charge is 0.225 e. The fraction of sp³-hybridized carbons (Fsp3) is 0.909. The molecular formula is C11H24N2OS. The van der Waals surface area contributed by atoms with Crippen molar-refractivity contribution in [1.82, 2.24) is 4.90 Å². The Bertz CT molecular complexity index is 207. The summed E-state index contributed by atoms with van der Waals surface area (Å²) in [4.78, 5) is 13.7. The SMILES string of the molecule is CSCC(C)C(=O)N(C)CC(C)(C)CN. The topological polar surface area (TPSA) is 46.3 Å². The maximum Gasteiger partial charge on any atom is 0.225 e. The molecule has 0 aliphatic heterocycles. The first-order chi connectivity index (χ1) is 6.84. The first kappa shape index (κ1) is 14.8. The Morgan fingerprint density at radius 2 is 2.07 bits per heavy atom. The maximum absolute atomic E-state index is 11.9. The molecule has 0 spiro atoms. The number of carbonyl (C=O) groups excluding carboxylic acids is 1. The maximum atomic E-state index is 11.9. The average Bonchev–Trinajstić information content (AvgIpc) is 2.16. The molecule has 0 aromatic rings. The molecule has 0 aliphatic rings. The third-order valence-electron chi connectivity index (χ3n) is 2.43. The largest absolute Gasteiger partial charge is 0.345 e. The Hall–Kier alpha value is -0.220. The van der Waals surface area contributed by atoms with Gasteiger partial charge in [-0.1, -0.05) is 20.8 Å². The summed E-state index contributed by atoms with van der Waals surface area (Å²) in [5.41, 5.74) is 5.65. The van der Waals surface area contributed by atoms with Crippen molar-refractivity contribution in [3.63, 3.8) is 0 Å². The zero-order valence-electron chi connectivity index (χ0n) is 10.5. The number of hydrogen-bond donors (Lipinski definition) is 1. The van der Waals surface area contributed by atoms with Gasteiger partial charge in [-0.05, 0) is 18.2 Å². The van der Waals surface area contributed by atoms with Crippen molar-refractivity contribution in [3.05, 3.63) is 0 Å². The van der Waals surface area contributed by atoms with Gasteiger partial charge in [-0.2, -0.15) is 11.8 Å². The summed E-state index contributed by atoms with van der Waals surface area (Å²) < 4.78 is 0. The zero-order chi connectivity index (χ0) is 12.1. The molecule has 1 unspecified atom stereocenters. The second-order valence-electron chi connectivity index (χ2n) is 4.92. The van der Waals surface area contributed by atoms with E-state index in [4.69, 9.17) is 5.73 Å². The van der Waals surface area contributed by atoms with Crippen LogP contribution in [0.2, 0.25) is 0 Å². The first-order valence-electron chi connectivity index (χ1n) is 5.28. The predicted octanol–water partition coefficient (Wildman–Crippen LogP) is 1.43. The highest BCUT2D eigenvalue weighted by atomic mass is 32.2. The van der Waals surface area contributed by atoms with Gasteiger partial charge < -0.3 is 10.6 Å². The molecule has 0 aromatic carbocycles. The van der Waals surface area contributed by atoms with Crippen LogP contribution in [-0.4, -0.2) is 43.0 Å². The molecule has 3 nitrogen and oxygen atoms in total. The highest BCUT2D eigenvalue weighted by Crippen LogP contribution is 2.16. The molecule has 4 heteroatoms. The van der Waals surface area contributed by atoms with Crippen molar-refractivity contribution >= 4 is 17.7 Å². The van der Waals surface area contributed by atoms with Crippen molar-refractivity contribution in [2.24, 2.45) is 17.1 Å². The van der Waals surface area contributed by atoms with Crippen LogP contribution in [0.5, 0.6) is 0 Å². The van der Waals surface area contributed by atoms with Gasteiger partial charge in [0.25, 0.3) is 0 Å². The van der Waals surface area contributed by atoms with Gasteiger partial charge in [-0.15, -0.1) is 0 Å². The summed E-state index contributed by atoms with van der Waals surface area (Å²) >= 11 is 1.71. The number of thioether (sulfide) groups is 1. The quantitative estimate of drug-likeness (QED) is 0.753. The lowest BCUT2D eigenvalue weighted by Crippen LogP contribution is -2.42. The van der Waals surface area contributed by atoms with E-state index in [1.54, 1.807) is 16.7 Å². The number of nitrogens with zero attached hydrogens (tertiary/aromatic N) is 1. The van der Waals surface area contributed by atoms with E-state index in [2.05, 4.69) is 13.8 Å². The minimum Gasteiger partial charge on any atom is -0.345 e. The number of amides is 1. The third kappa shape index (κ3) is 5.42. The standard InChI is InChI=1S/C11H24N2OS/c1-9(6-15-5)10(14)13(4)8-11(2,3)7-12/h9H,6-8,12H2,1-5H3. The lowest BCUT2D eigenvalue weighted by Gasteiger charge is -2.30. The van der Waals surface area contributed by atoms with Gasteiger partial charge in [0.1, 0.15) is 0 Å². The Morgan fingerprint density at radius 1 is 1.53 bits per heavy atom. The molecular weight excluding hydrogens is 208 g/mol. The van der Waals surface area contributed by atoms with Crippen LogP contribution in [0.4, 0.5) is 0 Å². The number of hydrogen-bond acceptors (Lipinski definition) is 3. The van der Waals surface area contributed by atoms with Crippen molar-refractivity contribution in [1.29, 1.82) is 0 Å². The second kappa shape index (κ2) is 6.38. The van der Waals surface area contributed by atoms with E-state index in [1.165, 1.54) is 0 Å². The molecule has 0 aromatic heterocycles. The molecule has 1 atom stereocenters. The van der Waals surface area contributed by atoms with E-state index in [-0.39, 0.29) is 17.2 Å². The Balaban J connectivity index is 4.21. The Labute approximate surface area is 97.8 Å². The van der Waals surface area contributed by atoms with Crippen molar-refractivity contribution < 1.29 is 4.79 Å². The van der Waals surface area contributed by atoms with Crippen molar-refractivity contribution in [2.45, 2.75) is 20.8 Å². The molecule has 0 saturated heterocycles. The normalized spacial score (nSPS) is 13.7. The first-order valence-corrected chi connectivity index (χ1v) is 6.67. The summed E-state index contributed by atoms with van der Waals surface area (Å²) in [6, 6.07) is 0. The fourth-order valence-corrected chi connectivity index (χ4v) is 2.12. The van der Waals surface area contributed by atoms with Crippen LogP contribution in [-0.2, 0) is 4.79 Å². The van der Waals surface area contributed by atoms with Gasteiger partial charge in [0.2, 0.25) is 5.91 Å². The van der Waals surface area contributed by atoms with Crippen LogP contribution in [0.15, 0.2) is 0 Å². The molecule has 0 bridgehead atoms. The highest BCUT2D eigenvalue weighted by molar-refractivity contribution is 7.98. The fourth-order valence-electron chi connectivity index (χ4n) is 1.48. The van der Waals surface area contributed by atoms with Crippen molar-refractivity contribution in [2.75, 3.05) is 32.1 Å². The summed E-state index contributed by atoms with van der Waals surface area (Å²) in [6.45, 7) is 7.46. The van der Waals surface area contributed by atoms with Crippen LogP contribution >= 0.6 is 11.8 Å². The highest BCUT2D eigenvalue weighted by Gasteiger charge is 2.23. The molecule has 1 amide bonds. The molecule has 0 aliphatic carbocycles. The molecule has 2 N–H and O–H groups in total. The van der Waals surface area contributed by atoms with Gasteiger partial charge in [0, 0.05) is 25.3 Å². The third-order valence-corrected chi connectivity index (χ3v) is 3.27. The summed E-state index contributed by atoms with van der Waals surface area (Å²) in [5.74, 6) is 1.19. The van der Waals surface area contributed by atoms with Crippen LogP contribution in [0, 0.1) is 11.3 Å². The van der Waals surface area contributed by atoms with Crippen LogP contribution in [0.3, 0.4) is 0 Å². The van der Waals surface area contributed by atoms with E-state index in [0.29, 0.717) is 6.54 Å². The lowest BCUT2D eigenvalue weighted by molar-refractivity contribution is -0.134. The van der Waals surface area contributed by atoms with E-state index in [0.717, 1.165) is 12.3 Å². The molecule has 0 heterocycles. The van der Waals surface area contributed by atoms with Gasteiger partial charge in [0.05, 0.1) is 0 Å². The van der Waals surface area contributed by atoms with E-state index < -0.39 is 0 Å². The van der Waals surface area contributed by atoms with Crippen LogP contribution < -0.4 is 5.73 Å². The van der Waals surface area contributed by atoms with Gasteiger partial charge >= 0.3 is 0 Å². The summed E-state index contributed by atoms with van der Waals surface area (Å²) in [6.07, 6.45) is 2.02. The predicted molar refractivity (Wildman–Crippen MR) is 68.0 cm³/mol. The van der Waals surface area contributed by atoms with E-state index in [9.17, 15) is 4.79 Å². The molecule has 90 valence electrons. The second-order valence-corrected chi connectivity index (χ2v) is 5.83. The van der Waals surface area contributed by atoms with Gasteiger partial charge in [0.15, 0.2) is 0 Å². The van der Waals surface area contributed by atoms with Gasteiger partial charge in [-0.3, -0.25) is 4.79 Å². The van der Waals surface area contributed by atoms with E-state index >= 15 is 0 Å². The van der Waals surface area contributed by atoms with Crippen molar-refractivity contribution in [3.8, 4) is 0 Å². The van der Waals surface area contributed by atoms with E-state index in [1.807, 2.05) is 20.2 Å². The van der Waals surface area contributed by atoms with Crippen LogP contribution in [0.1, 0.15) is 20.8 Å². The minimum atomic E-state index is 0.00346. The molecule has 15 heavy (non-hydrogen) atoms. The number of nitrogens with two attached hydrogens (primary N) is 1. The Morgan fingerprint density at radius 3 is 2.47 bits per heavy atom.